The van der Waals surface area contributed by atoms with Crippen LogP contribution in [0.25, 0.3) is 0 Å². The second kappa shape index (κ2) is 10.4. The number of hydrogen-bond donors (Lipinski definition) is 2. The van der Waals surface area contributed by atoms with Crippen LogP contribution < -0.4 is 0 Å². The molecule has 1 atom stereocenters. The Morgan fingerprint density at radius 2 is 1.44 bits per heavy atom. The normalized spacial score (nSPS) is 14.4. The molecule has 0 saturated carbocycles. The second-order valence-electron chi connectivity index (χ2n) is 5.32. The molecule has 18 heavy (non-hydrogen) atoms. The van der Waals surface area contributed by atoms with E-state index in [0.29, 0.717) is 12.8 Å². The average molecular weight is 258 g/mol. The van der Waals surface area contributed by atoms with Crippen LogP contribution >= 0.6 is 0 Å². The number of aliphatic hydroxyl groups excluding tert-OH is 1. The van der Waals surface area contributed by atoms with Crippen LogP contribution in [0.4, 0.5) is 0 Å². The predicted molar refractivity (Wildman–Crippen MR) is 74.7 cm³/mol. The first kappa shape index (κ1) is 17.4. The Morgan fingerprint density at radius 3 is 1.83 bits per heavy atom. The molecule has 0 fully saturated rings. The topological polar surface area (TPSA) is 57.5 Å². The Bertz CT molecular complexity index is 210. The lowest BCUT2D eigenvalue weighted by molar-refractivity contribution is -0.152. The van der Waals surface area contributed by atoms with Gasteiger partial charge in [0.25, 0.3) is 0 Å². The minimum absolute atomic E-state index is 0.241. The van der Waals surface area contributed by atoms with Gasteiger partial charge in [-0.1, -0.05) is 65.2 Å². The number of hydrogen-bond acceptors (Lipinski definition) is 2. The molecule has 0 aromatic heterocycles. The summed E-state index contributed by atoms with van der Waals surface area (Å²) in [5.41, 5.74) is -0.901. The standard InChI is InChI=1S/C15H30O3/c1-3-5-6-7-8-9-10-11-12-15(4-2,13-16)14(17)18/h16H,3-13H2,1-2H3,(H,17,18). The van der Waals surface area contributed by atoms with Crippen molar-refractivity contribution in [2.24, 2.45) is 5.41 Å². The van der Waals surface area contributed by atoms with Crippen molar-refractivity contribution in [2.75, 3.05) is 6.61 Å². The highest BCUT2D eigenvalue weighted by Crippen LogP contribution is 2.29. The minimum atomic E-state index is -0.901. The molecule has 1 unspecified atom stereocenters. The number of carbonyl (C=O) groups is 1. The van der Waals surface area contributed by atoms with Crippen molar-refractivity contribution in [3.8, 4) is 0 Å². The lowest BCUT2D eigenvalue weighted by atomic mass is 9.81. The van der Waals surface area contributed by atoms with Crippen LogP contribution in [0.15, 0.2) is 0 Å². The lowest BCUT2D eigenvalue weighted by Gasteiger charge is -2.25. The van der Waals surface area contributed by atoms with Gasteiger partial charge in [-0.25, -0.2) is 0 Å². The maximum absolute atomic E-state index is 11.2. The number of aliphatic hydroxyl groups is 1. The van der Waals surface area contributed by atoms with Crippen molar-refractivity contribution < 1.29 is 15.0 Å². The van der Waals surface area contributed by atoms with Gasteiger partial charge in [0, 0.05) is 0 Å². The van der Waals surface area contributed by atoms with Gasteiger partial charge in [-0.15, -0.1) is 0 Å². The van der Waals surface area contributed by atoms with Gasteiger partial charge < -0.3 is 10.2 Å². The van der Waals surface area contributed by atoms with E-state index in [1.54, 1.807) is 0 Å². The Labute approximate surface area is 112 Å². The number of carboxylic acids is 1. The van der Waals surface area contributed by atoms with Crippen molar-refractivity contribution in [3.05, 3.63) is 0 Å². The van der Waals surface area contributed by atoms with Crippen LogP contribution in [0.1, 0.15) is 78.1 Å². The van der Waals surface area contributed by atoms with E-state index >= 15 is 0 Å². The Kier molecular flexibility index (Phi) is 10.0. The molecule has 0 heterocycles. The molecule has 2 N–H and O–H groups in total. The van der Waals surface area contributed by atoms with E-state index in [4.69, 9.17) is 5.11 Å². The van der Waals surface area contributed by atoms with Gasteiger partial charge in [0.05, 0.1) is 12.0 Å². The summed E-state index contributed by atoms with van der Waals surface area (Å²) in [5.74, 6) is -0.851. The third-order valence-electron chi connectivity index (χ3n) is 3.94. The molecule has 0 radical (unpaired) electrons. The van der Waals surface area contributed by atoms with Crippen LogP contribution in [0.5, 0.6) is 0 Å². The van der Waals surface area contributed by atoms with E-state index in [-0.39, 0.29) is 6.61 Å². The third-order valence-corrected chi connectivity index (χ3v) is 3.94. The molecule has 0 amide bonds. The summed E-state index contributed by atoms with van der Waals surface area (Å²) in [6, 6.07) is 0. The smallest absolute Gasteiger partial charge is 0.311 e. The molecule has 0 aromatic carbocycles. The molecule has 3 heteroatoms. The van der Waals surface area contributed by atoms with E-state index in [0.717, 1.165) is 12.8 Å². The summed E-state index contributed by atoms with van der Waals surface area (Å²) in [4.78, 5) is 11.2. The number of aliphatic carboxylic acids is 1. The van der Waals surface area contributed by atoms with E-state index < -0.39 is 11.4 Å². The molecular weight excluding hydrogens is 228 g/mol. The summed E-state index contributed by atoms with van der Waals surface area (Å²) >= 11 is 0. The molecule has 0 aliphatic carbocycles. The van der Waals surface area contributed by atoms with Gasteiger partial charge >= 0.3 is 5.97 Å². The van der Waals surface area contributed by atoms with Gasteiger partial charge in [-0.05, 0) is 12.8 Å². The first-order valence-electron chi connectivity index (χ1n) is 7.47. The third kappa shape index (κ3) is 6.39. The number of unbranched alkanes of at least 4 members (excludes halogenated alkanes) is 7. The number of rotatable bonds is 12. The van der Waals surface area contributed by atoms with E-state index in [1.807, 2.05) is 6.92 Å². The SMILES string of the molecule is CCCCCCCCCCC(CC)(CO)C(=O)O. The van der Waals surface area contributed by atoms with Gasteiger partial charge in [-0.2, -0.15) is 0 Å². The zero-order valence-electron chi connectivity index (χ0n) is 12.1. The molecule has 3 nitrogen and oxygen atoms in total. The van der Waals surface area contributed by atoms with E-state index in [9.17, 15) is 9.90 Å². The van der Waals surface area contributed by atoms with Crippen LogP contribution in [0.2, 0.25) is 0 Å². The molecule has 0 rings (SSSR count). The number of carboxylic acid groups (broad SMARTS) is 1. The Balaban J connectivity index is 3.65. The summed E-state index contributed by atoms with van der Waals surface area (Å²) in [6.45, 7) is 3.82. The zero-order chi connectivity index (χ0) is 13.9. The van der Waals surface area contributed by atoms with E-state index in [2.05, 4.69) is 6.92 Å². The molecule has 0 spiro atoms. The van der Waals surface area contributed by atoms with E-state index in [1.165, 1.54) is 38.5 Å². The Hall–Kier alpha value is -0.570. The fourth-order valence-corrected chi connectivity index (χ4v) is 2.29. The highest BCUT2D eigenvalue weighted by atomic mass is 16.4. The van der Waals surface area contributed by atoms with Crippen LogP contribution in [-0.2, 0) is 4.79 Å². The second-order valence-corrected chi connectivity index (χ2v) is 5.32. The van der Waals surface area contributed by atoms with Crippen molar-refractivity contribution in [3.63, 3.8) is 0 Å². The molecule has 0 aliphatic heterocycles. The summed E-state index contributed by atoms with van der Waals surface area (Å²) < 4.78 is 0. The Morgan fingerprint density at radius 1 is 0.944 bits per heavy atom. The molecule has 0 saturated heterocycles. The summed E-state index contributed by atoms with van der Waals surface area (Å²) in [5, 5.41) is 18.4. The monoisotopic (exact) mass is 258 g/mol. The van der Waals surface area contributed by atoms with Crippen molar-refractivity contribution >= 4 is 5.97 Å². The van der Waals surface area contributed by atoms with Crippen molar-refractivity contribution in [2.45, 2.75) is 78.1 Å². The molecule has 0 aliphatic rings. The van der Waals surface area contributed by atoms with Gasteiger partial charge in [0.15, 0.2) is 0 Å². The highest BCUT2D eigenvalue weighted by molar-refractivity contribution is 5.74. The van der Waals surface area contributed by atoms with Gasteiger partial charge in [0.2, 0.25) is 0 Å². The van der Waals surface area contributed by atoms with Gasteiger partial charge in [-0.3, -0.25) is 4.79 Å². The molecule has 0 bridgehead atoms. The van der Waals surface area contributed by atoms with Crippen LogP contribution in [-0.4, -0.2) is 22.8 Å². The van der Waals surface area contributed by atoms with Crippen molar-refractivity contribution in [1.29, 1.82) is 0 Å². The van der Waals surface area contributed by atoms with Crippen LogP contribution in [0, 0.1) is 5.41 Å². The highest BCUT2D eigenvalue weighted by Gasteiger charge is 2.35. The van der Waals surface area contributed by atoms with Crippen molar-refractivity contribution in [1.82, 2.24) is 0 Å². The molecule has 0 aromatic rings. The quantitative estimate of drug-likeness (QED) is 0.520. The fourth-order valence-electron chi connectivity index (χ4n) is 2.29. The molecule has 108 valence electrons. The lowest BCUT2D eigenvalue weighted by Crippen LogP contribution is -2.34. The minimum Gasteiger partial charge on any atom is -0.481 e. The predicted octanol–water partition coefficient (Wildman–Crippen LogP) is 3.99. The van der Waals surface area contributed by atoms with Gasteiger partial charge in [0.1, 0.15) is 0 Å². The summed E-state index contributed by atoms with van der Waals surface area (Å²) in [7, 11) is 0. The first-order chi connectivity index (χ1) is 8.63. The maximum atomic E-state index is 11.2. The first-order valence-corrected chi connectivity index (χ1v) is 7.47. The molecular formula is C15H30O3. The zero-order valence-corrected chi connectivity index (χ0v) is 12.1. The average Bonchev–Trinajstić information content (AvgIpc) is 2.37. The largest absolute Gasteiger partial charge is 0.481 e. The maximum Gasteiger partial charge on any atom is 0.311 e. The fraction of sp³-hybridized carbons (Fsp3) is 0.933. The van der Waals surface area contributed by atoms with Crippen LogP contribution in [0.3, 0.4) is 0 Å². The summed E-state index contributed by atoms with van der Waals surface area (Å²) in [6.07, 6.45) is 10.8.